The van der Waals surface area contributed by atoms with Crippen molar-refractivity contribution in [3.8, 4) is 28.3 Å². The van der Waals surface area contributed by atoms with E-state index in [0.717, 1.165) is 78.2 Å². The first-order valence-corrected chi connectivity index (χ1v) is 13.6. The zero-order chi connectivity index (χ0) is 25.5. The maximum atomic E-state index is 6.26. The highest BCUT2D eigenvalue weighted by Crippen LogP contribution is 2.34. The highest BCUT2D eigenvalue weighted by Gasteiger charge is 2.20. The van der Waals surface area contributed by atoms with E-state index in [1.54, 1.807) is 0 Å². The number of likely N-dealkylation sites (N-methyl/N-ethyl adjacent to an activating group) is 1. The lowest BCUT2D eigenvalue weighted by molar-refractivity contribution is 0.154. The van der Waals surface area contributed by atoms with Gasteiger partial charge in [-0.1, -0.05) is 6.42 Å². The molecule has 194 valence electrons. The molecule has 0 radical (unpaired) electrons. The van der Waals surface area contributed by atoms with Crippen LogP contribution in [0.4, 0.5) is 5.69 Å². The Morgan fingerprint density at radius 3 is 2.53 bits per heavy atom. The van der Waals surface area contributed by atoms with Crippen molar-refractivity contribution in [1.29, 1.82) is 0 Å². The van der Waals surface area contributed by atoms with Gasteiger partial charge in [-0.2, -0.15) is 5.10 Å². The van der Waals surface area contributed by atoms with Gasteiger partial charge in [-0.25, -0.2) is 4.98 Å². The number of hydrogen-bond acceptors (Lipinski definition) is 7. The predicted octanol–water partition coefficient (Wildman–Crippen LogP) is 5.03. The van der Waals surface area contributed by atoms with Gasteiger partial charge in [0.25, 0.3) is 0 Å². The third-order valence-electron chi connectivity index (χ3n) is 7.95. The van der Waals surface area contributed by atoms with Crippen LogP contribution >= 0.6 is 0 Å². The van der Waals surface area contributed by atoms with Gasteiger partial charge in [0.15, 0.2) is 5.65 Å². The Balaban J connectivity index is 1.22. The van der Waals surface area contributed by atoms with Crippen molar-refractivity contribution in [3.05, 3.63) is 49.2 Å². The fourth-order valence-electron chi connectivity index (χ4n) is 5.75. The summed E-state index contributed by atoms with van der Waals surface area (Å²) in [4.78, 5) is 22.0. The van der Waals surface area contributed by atoms with Crippen molar-refractivity contribution in [3.63, 3.8) is 0 Å². The van der Waals surface area contributed by atoms with E-state index in [1.807, 2.05) is 31.0 Å². The van der Waals surface area contributed by atoms with Gasteiger partial charge in [-0.15, -0.1) is 0 Å². The number of pyridine rings is 3. The van der Waals surface area contributed by atoms with E-state index in [-0.39, 0.29) is 6.10 Å². The second kappa shape index (κ2) is 9.72. The molecule has 1 aliphatic carbocycles. The number of rotatable bonds is 5. The van der Waals surface area contributed by atoms with Crippen LogP contribution in [0.25, 0.3) is 44.5 Å². The minimum atomic E-state index is 0.286. The molecule has 7 rings (SSSR count). The summed E-state index contributed by atoms with van der Waals surface area (Å²) in [6.07, 6.45) is 15.7. The molecule has 1 saturated heterocycles. The van der Waals surface area contributed by atoms with Crippen molar-refractivity contribution >= 4 is 27.6 Å². The molecule has 0 atom stereocenters. The molecule has 2 aliphatic rings. The number of nitrogens with one attached hydrogen (secondary N) is 2. The largest absolute Gasteiger partial charge is 0.489 e. The van der Waals surface area contributed by atoms with Gasteiger partial charge in [0.1, 0.15) is 5.75 Å². The second-order valence-corrected chi connectivity index (χ2v) is 10.6. The first kappa shape index (κ1) is 23.2. The zero-order valence-electron chi connectivity index (χ0n) is 21.7. The summed E-state index contributed by atoms with van der Waals surface area (Å²) in [7, 11) is 2.17. The summed E-state index contributed by atoms with van der Waals surface area (Å²) in [6.45, 7) is 4.09. The van der Waals surface area contributed by atoms with Crippen LogP contribution in [-0.4, -0.2) is 74.4 Å². The van der Waals surface area contributed by atoms with Gasteiger partial charge in [0.2, 0.25) is 0 Å². The summed E-state index contributed by atoms with van der Waals surface area (Å²) in [6, 6.07) is 6.40. The van der Waals surface area contributed by atoms with E-state index in [9.17, 15) is 0 Å². The SMILES string of the molecule is CN1CCN(c2cncc3[nH]c(-c4[nH]nc5ncc(-c6cncc(OC7CCCCC7)c6)cc45)cc23)CC1. The van der Waals surface area contributed by atoms with Crippen molar-refractivity contribution in [2.75, 3.05) is 38.1 Å². The molecule has 1 aliphatic heterocycles. The van der Waals surface area contributed by atoms with Gasteiger partial charge >= 0.3 is 0 Å². The molecule has 0 bridgehead atoms. The van der Waals surface area contributed by atoms with E-state index >= 15 is 0 Å². The van der Waals surface area contributed by atoms with Crippen molar-refractivity contribution in [2.24, 2.45) is 0 Å². The van der Waals surface area contributed by atoms with E-state index in [1.165, 1.54) is 30.3 Å². The van der Waals surface area contributed by atoms with Crippen LogP contribution in [0.3, 0.4) is 0 Å². The molecule has 0 spiro atoms. The lowest BCUT2D eigenvalue weighted by Crippen LogP contribution is -2.44. The fourth-order valence-corrected chi connectivity index (χ4v) is 5.75. The van der Waals surface area contributed by atoms with Crippen LogP contribution in [-0.2, 0) is 0 Å². The number of anilines is 1. The molecule has 5 aromatic rings. The van der Waals surface area contributed by atoms with Gasteiger partial charge in [-0.05, 0) is 50.9 Å². The van der Waals surface area contributed by atoms with Gasteiger partial charge in [-0.3, -0.25) is 15.1 Å². The highest BCUT2D eigenvalue weighted by molar-refractivity contribution is 5.99. The number of fused-ring (bicyclic) bond motifs is 2. The molecule has 1 saturated carbocycles. The van der Waals surface area contributed by atoms with Crippen LogP contribution in [0.1, 0.15) is 32.1 Å². The molecule has 6 heterocycles. The average molecular weight is 509 g/mol. The van der Waals surface area contributed by atoms with E-state index < -0.39 is 0 Å². The number of ether oxygens (including phenoxy) is 1. The minimum absolute atomic E-state index is 0.286. The van der Waals surface area contributed by atoms with E-state index in [0.29, 0.717) is 5.65 Å². The maximum Gasteiger partial charge on any atom is 0.181 e. The first-order valence-electron chi connectivity index (χ1n) is 13.6. The van der Waals surface area contributed by atoms with E-state index in [4.69, 9.17) is 4.74 Å². The van der Waals surface area contributed by atoms with Crippen LogP contribution in [0.15, 0.2) is 49.2 Å². The van der Waals surface area contributed by atoms with Crippen molar-refractivity contribution in [1.82, 2.24) is 35.0 Å². The summed E-state index contributed by atoms with van der Waals surface area (Å²) in [5, 5.41) is 9.83. The average Bonchev–Trinajstić information content (AvgIpc) is 3.58. The van der Waals surface area contributed by atoms with Crippen LogP contribution in [0, 0.1) is 0 Å². The molecule has 0 aromatic carbocycles. The lowest BCUT2D eigenvalue weighted by atomic mass is 9.98. The summed E-state index contributed by atoms with van der Waals surface area (Å²) < 4.78 is 6.26. The first-order chi connectivity index (χ1) is 18.7. The normalized spacial score (nSPS) is 17.4. The number of piperazine rings is 1. The molecule has 5 aromatic heterocycles. The van der Waals surface area contributed by atoms with Gasteiger partial charge < -0.3 is 19.5 Å². The Morgan fingerprint density at radius 1 is 0.842 bits per heavy atom. The van der Waals surface area contributed by atoms with Gasteiger partial charge in [0, 0.05) is 60.5 Å². The highest BCUT2D eigenvalue weighted by atomic mass is 16.5. The Morgan fingerprint density at radius 2 is 1.66 bits per heavy atom. The summed E-state index contributed by atoms with van der Waals surface area (Å²) in [5.41, 5.74) is 6.72. The molecular weight excluding hydrogens is 476 g/mol. The number of aromatic nitrogens is 6. The number of aromatic amines is 2. The molecule has 9 heteroatoms. The summed E-state index contributed by atoms with van der Waals surface area (Å²) >= 11 is 0. The van der Waals surface area contributed by atoms with Crippen molar-refractivity contribution in [2.45, 2.75) is 38.2 Å². The van der Waals surface area contributed by atoms with E-state index in [2.05, 4.69) is 65.2 Å². The monoisotopic (exact) mass is 508 g/mol. The summed E-state index contributed by atoms with van der Waals surface area (Å²) in [5.74, 6) is 0.821. The maximum absolute atomic E-state index is 6.26. The van der Waals surface area contributed by atoms with Crippen LogP contribution in [0.2, 0.25) is 0 Å². The fraction of sp³-hybridized carbons (Fsp3) is 0.379. The molecule has 2 N–H and O–H groups in total. The lowest BCUT2D eigenvalue weighted by Gasteiger charge is -2.34. The Kier molecular flexibility index (Phi) is 5.92. The number of H-pyrrole nitrogens is 2. The Labute approximate surface area is 221 Å². The predicted molar refractivity (Wildman–Crippen MR) is 149 cm³/mol. The topological polar surface area (TPSA) is 98.8 Å². The molecule has 2 fully saturated rings. The molecule has 0 unspecified atom stereocenters. The van der Waals surface area contributed by atoms with Gasteiger partial charge in [0.05, 0.1) is 47.3 Å². The quantitative estimate of drug-likeness (QED) is 0.344. The van der Waals surface area contributed by atoms with Crippen LogP contribution < -0.4 is 9.64 Å². The third-order valence-corrected chi connectivity index (χ3v) is 7.95. The third kappa shape index (κ3) is 4.36. The minimum Gasteiger partial charge on any atom is -0.489 e. The second-order valence-electron chi connectivity index (χ2n) is 10.6. The number of nitrogens with zero attached hydrogens (tertiary/aromatic N) is 6. The molecule has 9 nitrogen and oxygen atoms in total. The Bertz CT molecular complexity index is 1580. The molecule has 0 amide bonds. The standard InChI is InChI=1S/C29H32N8O/c1-36-7-9-37(10-8-36)27-18-31-17-26-23(27)13-25(33-26)28-24-12-20(15-32-29(24)35-34-28)19-11-22(16-30-14-19)38-21-5-3-2-4-6-21/h11-18,21,33H,2-10H2,1H3,(H,32,34,35). The Hall–Kier alpha value is -3.98. The van der Waals surface area contributed by atoms with Crippen LogP contribution in [0.5, 0.6) is 5.75 Å². The number of hydrogen-bond donors (Lipinski definition) is 2. The molecule has 38 heavy (non-hydrogen) atoms. The smallest absolute Gasteiger partial charge is 0.181 e. The zero-order valence-corrected chi connectivity index (χ0v) is 21.7. The van der Waals surface area contributed by atoms with Crippen molar-refractivity contribution < 1.29 is 4.74 Å². The molecular formula is C29H32N8O.